The van der Waals surface area contributed by atoms with Crippen LogP contribution in [0, 0.1) is 0 Å². The first-order valence-corrected chi connectivity index (χ1v) is 10.6. The maximum atomic E-state index is 12.9. The van der Waals surface area contributed by atoms with E-state index in [1.54, 1.807) is 41.3 Å². The lowest BCUT2D eigenvalue weighted by molar-refractivity contribution is 0.101. The summed E-state index contributed by atoms with van der Waals surface area (Å²) in [7, 11) is 0. The van der Waals surface area contributed by atoms with E-state index in [2.05, 4.69) is 25.4 Å². The number of nitrogens with zero attached hydrogens (tertiary/aromatic N) is 5. The van der Waals surface area contributed by atoms with Gasteiger partial charge in [0, 0.05) is 24.1 Å². The van der Waals surface area contributed by atoms with Gasteiger partial charge in [-0.1, -0.05) is 30.3 Å². The average molecular weight is 440 g/mol. The number of carbonyl (C=O) groups excluding carboxylic acids is 1. The summed E-state index contributed by atoms with van der Waals surface area (Å²) in [5.41, 5.74) is 1.37. The van der Waals surface area contributed by atoms with E-state index in [0.717, 1.165) is 10.6 Å². The third-order valence-corrected chi connectivity index (χ3v) is 5.27. The van der Waals surface area contributed by atoms with Crippen molar-refractivity contribution >= 4 is 22.9 Å². The molecule has 8 nitrogen and oxygen atoms in total. The van der Waals surface area contributed by atoms with Crippen LogP contribution in [0.15, 0.2) is 90.7 Å². The maximum Gasteiger partial charge on any atom is 0.295 e. The third-order valence-electron chi connectivity index (χ3n) is 4.41. The van der Waals surface area contributed by atoms with Gasteiger partial charge in [0.2, 0.25) is 11.7 Å². The third kappa shape index (κ3) is 4.23. The lowest BCUT2D eigenvalue weighted by Gasteiger charge is -2.07. The van der Waals surface area contributed by atoms with Gasteiger partial charge in [-0.25, -0.2) is 14.6 Å². The predicted octanol–water partition coefficient (Wildman–Crippen LogP) is 4.83. The molecule has 2 aromatic carbocycles. The second kappa shape index (κ2) is 8.78. The SMILES string of the molecule is O=C(Nc1cccc(Oc2cnccn2)c1)c1nc(-c2cccs2)n(-c2ccccc2)n1. The number of ether oxygens (including phenoxy) is 1. The molecule has 3 aromatic heterocycles. The minimum atomic E-state index is -0.422. The number of para-hydroxylation sites is 1. The standard InChI is InChI=1S/C23H16N6O2S/c30-23(26-16-6-4-9-18(14-16)31-20-15-24-11-12-25-20)21-27-22(19-10-5-13-32-19)29(28-21)17-7-2-1-3-8-17/h1-15H,(H,26,30). The molecule has 1 amide bonds. The van der Waals surface area contributed by atoms with Crippen LogP contribution in [0.25, 0.3) is 16.4 Å². The highest BCUT2D eigenvalue weighted by Crippen LogP contribution is 2.26. The van der Waals surface area contributed by atoms with Crippen molar-refractivity contribution in [1.29, 1.82) is 0 Å². The molecule has 1 N–H and O–H groups in total. The molecule has 0 fully saturated rings. The summed E-state index contributed by atoms with van der Waals surface area (Å²) in [6, 6.07) is 20.5. The summed E-state index contributed by atoms with van der Waals surface area (Å²) in [5, 5.41) is 9.27. The summed E-state index contributed by atoms with van der Waals surface area (Å²) in [6.45, 7) is 0. The molecule has 5 aromatic rings. The van der Waals surface area contributed by atoms with E-state index >= 15 is 0 Å². The Balaban J connectivity index is 1.41. The zero-order chi connectivity index (χ0) is 21.8. The second-order valence-electron chi connectivity index (χ2n) is 6.61. The predicted molar refractivity (Wildman–Crippen MR) is 121 cm³/mol. The fourth-order valence-corrected chi connectivity index (χ4v) is 3.70. The fourth-order valence-electron chi connectivity index (χ4n) is 3.01. The van der Waals surface area contributed by atoms with Gasteiger partial charge < -0.3 is 10.1 Å². The van der Waals surface area contributed by atoms with E-state index in [9.17, 15) is 4.79 Å². The van der Waals surface area contributed by atoms with Crippen LogP contribution in [0.5, 0.6) is 11.6 Å². The highest BCUT2D eigenvalue weighted by Gasteiger charge is 2.19. The largest absolute Gasteiger partial charge is 0.437 e. The molecule has 0 spiro atoms. The van der Waals surface area contributed by atoms with E-state index in [1.165, 1.54) is 17.5 Å². The van der Waals surface area contributed by atoms with Gasteiger partial charge in [-0.15, -0.1) is 16.4 Å². The molecule has 32 heavy (non-hydrogen) atoms. The van der Waals surface area contributed by atoms with Crippen LogP contribution in [0.2, 0.25) is 0 Å². The lowest BCUT2D eigenvalue weighted by atomic mass is 10.3. The molecule has 0 bridgehead atoms. The molecular formula is C23H16N6O2S. The fraction of sp³-hybridized carbons (Fsp3) is 0. The molecule has 156 valence electrons. The van der Waals surface area contributed by atoms with E-state index in [-0.39, 0.29) is 5.82 Å². The highest BCUT2D eigenvalue weighted by atomic mass is 32.1. The molecule has 5 rings (SSSR count). The molecule has 0 radical (unpaired) electrons. The molecular weight excluding hydrogens is 424 g/mol. The van der Waals surface area contributed by atoms with Crippen molar-refractivity contribution in [3.05, 3.63) is 96.5 Å². The molecule has 0 saturated heterocycles. The first kappa shape index (κ1) is 19.6. The van der Waals surface area contributed by atoms with Gasteiger partial charge in [-0.3, -0.25) is 9.78 Å². The lowest BCUT2D eigenvalue weighted by Crippen LogP contribution is -2.14. The van der Waals surface area contributed by atoms with Crippen molar-refractivity contribution < 1.29 is 9.53 Å². The monoisotopic (exact) mass is 440 g/mol. The second-order valence-corrected chi connectivity index (χ2v) is 7.56. The summed E-state index contributed by atoms with van der Waals surface area (Å²) in [6.07, 6.45) is 4.62. The summed E-state index contributed by atoms with van der Waals surface area (Å²) in [5.74, 6) is 1.13. The van der Waals surface area contributed by atoms with Crippen molar-refractivity contribution in [3.8, 4) is 28.0 Å². The maximum absolute atomic E-state index is 12.9. The van der Waals surface area contributed by atoms with Crippen molar-refractivity contribution in [2.24, 2.45) is 0 Å². The minimum Gasteiger partial charge on any atom is -0.437 e. The number of aromatic nitrogens is 5. The van der Waals surface area contributed by atoms with Gasteiger partial charge in [0.25, 0.3) is 5.91 Å². The molecule has 3 heterocycles. The molecule has 0 aliphatic heterocycles. The molecule has 0 aliphatic rings. The summed E-state index contributed by atoms with van der Waals surface area (Å²) < 4.78 is 7.35. The van der Waals surface area contributed by atoms with Crippen LogP contribution >= 0.6 is 11.3 Å². The Morgan fingerprint density at radius 2 is 1.91 bits per heavy atom. The van der Waals surface area contributed by atoms with Crippen LogP contribution in [-0.4, -0.2) is 30.6 Å². The molecule has 0 saturated carbocycles. The van der Waals surface area contributed by atoms with Gasteiger partial charge in [-0.05, 0) is 35.7 Å². The molecule has 0 unspecified atom stereocenters. The van der Waals surface area contributed by atoms with Crippen LogP contribution in [0.1, 0.15) is 10.6 Å². The Hall–Kier alpha value is -4.37. The zero-order valence-corrected chi connectivity index (χ0v) is 17.4. The summed E-state index contributed by atoms with van der Waals surface area (Å²) >= 11 is 1.53. The summed E-state index contributed by atoms with van der Waals surface area (Å²) in [4.78, 5) is 26.4. The number of anilines is 1. The quantitative estimate of drug-likeness (QED) is 0.406. The number of hydrogen-bond donors (Lipinski definition) is 1. The number of benzene rings is 2. The number of nitrogens with one attached hydrogen (secondary N) is 1. The Bertz CT molecular complexity index is 1340. The average Bonchev–Trinajstić information content (AvgIpc) is 3.51. The zero-order valence-electron chi connectivity index (χ0n) is 16.6. The minimum absolute atomic E-state index is 0.0671. The molecule has 0 aliphatic carbocycles. The van der Waals surface area contributed by atoms with Crippen LogP contribution in [-0.2, 0) is 0 Å². The Morgan fingerprint density at radius 3 is 2.69 bits per heavy atom. The van der Waals surface area contributed by atoms with Crippen LogP contribution < -0.4 is 10.1 Å². The normalized spacial score (nSPS) is 10.6. The van der Waals surface area contributed by atoms with Gasteiger partial charge in [-0.2, -0.15) is 0 Å². The number of hydrogen-bond acceptors (Lipinski definition) is 7. The van der Waals surface area contributed by atoms with Gasteiger partial charge >= 0.3 is 0 Å². The van der Waals surface area contributed by atoms with E-state index in [0.29, 0.717) is 23.1 Å². The number of amides is 1. The first-order valence-electron chi connectivity index (χ1n) is 9.68. The topological polar surface area (TPSA) is 94.8 Å². The molecule has 9 heteroatoms. The van der Waals surface area contributed by atoms with Crippen molar-refractivity contribution in [1.82, 2.24) is 24.7 Å². The van der Waals surface area contributed by atoms with Crippen molar-refractivity contribution in [2.45, 2.75) is 0 Å². The van der Waals surface area contributed by atoms with Gasteiger partial charge in [0.05, 0.1) is 16.8 Å². The number of carbonyl (C=O) groups is 1. The van der Waals surface area contributed by atoms with Crippen LogP contribution in [0.3, 0.4) is 0 Å². The first-order chi connectivity index (χ1) is 15.8. The van der Waals surface area contributed by atoms with E-state index < -0.39 is 5.91 Å². The smallest absolute Gasteiger partial charge is 0.295 e. The van der Waals surface area contributed by atoms with Crippen molar-refractivity contribution in [2.75, 3.05) is 5.32 Å². The highest BCUT2D eigenvalue weighted by molar-refractivity contribution is 7.13. The van der Waals surface area contributed by atoms with E-state index in [1.807, 2.05) is 47.8 Å². The van der Waals surface area contributed by atoms with Gasteiger partial charge in [0.15, 0.2) is 5.82 Å². The van der Waals surface area contributed by atoms with E-state index in [4.69, 9.17) is 4.74 Å². The van der Waals surface area contributed by atoms with Crippen molar-refractivity contribution in [3.63, 3.8) is 0 Å². The Labute approximate surface area is 187 Å². The Morgan fingerprint density at radius 1 is 1.00 bits per heavy atom. The van der Waals surface area contributed by atoms with Crippen LogP contribution in [0.4, 0.5) is 5.69 Å². The molecule has 0 atom stereocenters. The number of rotatable bonds is 6. The number of thiophene rings is 1. The Kier molecular flexibility index (Phi) is 5.38. The van der Waals surface area contributed by atoms with Gasteiger partial charge in [0.1, 0.15) is 5.75 Å².